The topological polar surface area (TPSA) is 8.17 Å². The quantitative estimate of drug-likeness (QED) is 0.539. The molecule has 3 rings (SSSR count). The van der Waals surface area contributed by atoms with Crippen molar-refractivity contribution >= 4 is 17.5 Å². The molecule has 0 amide bonds. The minimum atomic E-state index is 0.970. The van der Waals surface area contributed by atoms with E-state index in [4.69, 9.17) is 0 Å². The van der Waals surface area contributed by atoms with E-state index in [1.165, 1.54) is 17.0 Å². The van der Waals surface area contributed by atoms with Crippen LogP contribution in [0.15, 0.2) is 67.8 Å². The van der Waals surface area contributed by atoms with Crippen LogP contribution in [0.4, 0.5) is 5.69 Å². The molecular formula is C24H26N2. The Labute approximate surface area is 156 Å². The highest BCUT2D eigenvalue weighted by molar-refractivity contribution is 5.84. The summed E-state index contributed by atoms with van der Waals surface area (Å²) in [4.78, 5) is 2.13. The molecule has 2 nitrogen and oxygen atoms in total. The summed E-state index contributed by atoms with van der Waals surface area (Å²) in [5.41, 5.74) is 9.14. The molecule has 1 aromatic heterocycles. The molecule has 0 atom stereocenters. The highest BCUT2D eigenvalue weighted by Gasteiger charge is 2.21. The summed E-state index contributed by atoms with van der Waals surface area (Å²) in [6.45, 7) is 14.9. The van der Waals surface area contributed by atoms with Gasteiger partial charge in [0.1, 0.15) is 0 Å². The maximum atomic E-state index is 4.40. The summed E-state index contributed by atoms with van der Waals surface area (Å²) < 4.78 is 2.29. The largest absolute Gasteiger partial charge is 0.345 e. The third-order valence-corrected chi connectivity index (χ3v) is 5.02. The van der Waals surface area contributed by atoms with Crippen LogP contribution in [0.1, 0.15) is 28.1 Å². The Bertz CT molecular complexity index is 944. The van der Waals surface area contributed by atoms with Gasteiger partial charge in [0.15, 0.2) is 0 Å². The van der Waals surface area contributed by atoms with Crippen LogP contribution in [-0.2, 0) is 0 Å². The van der Waals surface area contributed by atoms with Gasteiger partial charge in [-0.05, 0) is 45.0 Å². The second-order valence-corrected chi connectivity index (χ2v) is 6.68. The number of aryl methyl sites for hydroxylation is 1. The van der Waals surface area contributed by atoms with Crippen LogP contribution < -0.4 is 4.90 Å². The number of aromatic nitrogens is 1. The lowest BCUT2D eigenvalue weighted by Crippen LogP contribution is -2.15. The summed E-state index contributed by atoms with van der Waals surface area (Å²) in [5.74, 6) is 0. The number of rotatable bonds is 5. The zero-order valence-corrected chi connectivity index (χ0v) is 16.1. The van der Waals surface area contributed by atoms with Crippen LogP contribution in [0.2, 0.25) is 0 Å². The molecule has 0 radical (unpaired) electrons. The molecule has 2 aromatic carbocycles. The Kier molecular flexibility index (Phi) is 4.85. The third kappa shape index (κ3) is 2.99. The maximum absolute atomic E-state index is 4.40. The Morgan fingerprint density at radius 2 is 1.54 bits per heavy atom. The first kappa shape index (κ1) is 17.8. The van der Waals surface area contributed by atoms with Crippen molar-refractivity contribution in [2.45, 2.75) is 20.8 Å². The highest BCUT2D eigenvalue weighted by Crippen LogP contribution is 2.34. The second kappa shape index (κ2) is 7.09. The molecule has 0 bridgehead atoms. The average molecular weight is 342 g/mol. The van der Waals surface area contributed by atoms with E-state index in [1.54, 1.807) is 0 Å². The fraction of sp³-hybridized carbons (Fsp3) is 0.167. The van der Waals surface area contributed by atoms with Crippen LogP contribution in [0.25, 0.3) is 17.5 Å². The zero-order valence-electron chi connectivity index (χ0n) is 16.1. The maximum Gasteiger partial charge on any atom is 0.0455 e. The summed E-state index contributed by atoms with van der Waals surface area (Å²) in [5, 5.41) is 0. The SMILES string of the molecule is C=Cc1c(C(=C)N(C)c2ccccc2)c(C)n(-c2ccc(C)cc2)c1C. The summed E-state index contributed by atoms with van der Waals surface area (Å²) in [6.07, 6.45) is 1.94. The predicted octanol–water partition coefficient (Wildman–Crippen LogP) is 6.15. The molecule has 0 aliphatic carbocycles. The van der Waals surface area contributed by atoms with Crippen LogP contribution in [-0.4, -0.2) is 11.6 Å². The molecular weight excluding hydrogens is 316 g/mol. The first-order valence-corrected chi connectivity index (χ1v) is 8.85. The van der Waals surface area contributed by atoms with Crippen molar-refractivity contribution in [2.24, 2.45) is 0 Å². The van der Waals surface area contributed by atoms with E-state index in [0.717, 1.165) is 28.2 Å². The summed E-state index contributed by atoms with van der Waals surface area (Å²) in [7, 11) is 2.06. The van der Waals surface area contributed by atoms with Gasteiger partial charge in [0.05, 0.1) is 0 Å². The van der Waals surface area contributed by atoms with Crippen molar-refractivity contribution in [3.05, 3.63) is 95.8 Å². The van der Waals surface area contributed by atoms with Crippen LogP contribution in [0.5, 0.6) is 0 Å². The van der Waals surface area contributed by atoms with Gasteiger partial charge in [-0.15, -0.1) is 0 Å². The molecule has 0 saturated carbocycles. The van der Waals surface area contributed by atoms with Crippen molar-refractivity contribution in [1.82, 2.24) is 4.57 Å². The lowest BCUT2D eigenvalue weighted by molar-refractivity contribution is 0.961. The molecule has 0 fully saturated rings. The molecule has 0 aliphatic heterocycles. The fourth-order valence-corrected chi connectivity index (χ4v) is 3.53. The van der Waals surface area contributed by atoms with Crippen molar-refractivity contribution in [2.75, 3.05) is 11.9 Å². The number of para-hydroxylation sites is 1. The fourth-order valence-electron chi connectivity index (χ4n) is 3.53. The van der Waals surface area contributed by atoms with E-state index in [9.17, 15) is 0 Å². The van der Waals surface area contributed by atoms with Crippen molar-refractivity contribution in [3.8, 4) is 5.69 Å². The van der Waals surface area contributed by atoms with Gasteiger partial charge in [0.25, 0.3) is 0 Å². The standard InChI is InChI=1S/C24H26N2/c1-7-23-18(3)26(22-15-13-17(2)14-16-22)20(5)24(23)19(4)25(6)21-11-9-8-10-12-21/h7-16H,1,4H2,2-3,5-6H3. The monoisotopic (exact) mass is 342 g/mol. The van der Waals surface area contributed by atoms with E-state index in [0.29, 0.717) is 0 Å². The molecule has 2 heteroatoms. The molecule has 3 aromatic rings. The molecule has 0 aliphatic rings. The lowest BCUT2D eigenvalue weighted by Gasteiger charge is -2.23. The van der Waals surface area contributed by atoms with E-state index >= 15 is 0 Å². The van der Waals surface area contributed by atoms with Gasteiger partial charge in [0.2, 0.25) is 0 Å². The number of hydrogen-bond donors (Lipinski definition) is 0. The molecule has 0 spiro atoms. The normalized spacial score (nSPS) is 10.6. The average Bonchev–Trinajstić information content (AvgIpc) is 2.91. The van der Waals surface area contributed by atoms with Gasteiger partial charge in [-0.1, -0.05) is 55.1 Å². The first-order chi connectivity index (χ1) is 12.5. The van der Waals surface area contributed by atoms with Crippen LogP contribution in [0.3, 0.4) is 0 Å². The van der Waals surface area contributed by atoms with Gasteiger partial charge in [0, 0.05) is 46.6 Å². The van der Waals surface area contributed by atoms with Crippen LogP contribution >= 0.6 is 0 Å². The van der Waals surface area contributed by atoms with Crippen molar-refractivity contribution in [3.63, 3.8) is 0 Å². The third-order valence-electron chi connectivity index (χ3n) is 5.02. The minimum Gasteiger partial charge on any atom is -0.345 e. The Balaban J connectivity index is 2.13. The Morgan fingerprint density at radius 1 is 0.923 bits per heavy atom. The molecule has 1 heterocycles. The van der Waals surface area contributed by atoms with Gasteiger partial charge in [-0.25, -0.2) is 0 Å². The molecule has 132 valence electrons. The van der Waals surface area contributed by atoms with Crippen molar-refractivity contribution in [1.29, 1.82) is 0 Å². The number of anilines is 1. The van der Waals surface area contributed by atoms with Gasteiger partial charge in [-0.2, -0.15) is 0 Å². The number of nitrogens with zero attached hydrogens (tertiary/aromatic N) is 2. The summed E-state index contributed by atoms with van der Waals surface area (Å²) in [6, 6.07) is 18.9. The Hall–Kier alpha value is -3.00. The van der Waals surface area contributed by atoms with E-state index in [2.05, 4.69) is 86.8 Å². The highest BCUT2D eigenvalue weighted by atomic mass is 15.1. The van der Waals surface area contributed by atoms with E-state index in [1.807, 2.05) is 24.3 Å². The van der Waals surface area contributed by atoms with Gasteiger partial charge >= 0.3 is 0 Å². The van der Waals surface area contributed by atoms with E-state index in [-0.39, 0.29) is 0 Å². The molecule has 0 N–H and O–H groups in total. The Morgan fingerprint density at radius 3 is 2.12 bits per heavy atom. The summed E-state index contributed by atoms with van der Waals surface area (Å²) >= 11 is 0. The number of hydrogen-bond acceptors (Lipinski definition) is 1. The minimum absolute atomic E-state index is 0.970. The lowest BCUT2D eigenvalue weighted by atomic mass is 10.1. The molecule has 0 unspecified atom stereocenters. The van der Waals surface area contributed by atoms with Crippen molar-refractivity contribution < 1.29 is 0 Å². The smallest absolute Gasteiger partial charge is 0.0455 e. The van der Waals surface area contributed by atoms with E-state index < -0.39 is 0 Å². The zero-order chi connectivity index (χ0) is 18.8. The second-order valence-electron chi connectivity index (χ2n) is 6.68. The molecule has 0 saturated heterocycles. The molecule has 26 heavy (non-hydrogen) atoms. The van der Waals surface area contributed by atoms with Crippen LogP contribution in [0, 0.1) is 20.8 Å². The number of benzene rings is 2. The van der Waals surface area contributed by atoms with Gasteiger partial charge in [-0.3, -0.25) is 0 Å². The predicted molar refractivity (Wildman–Crippen MR) is 114 cm³/mol. The first-order valence-electron chi connectivity index (χ1n) is 8.85. The van der Waals surface area contributed by atoms with Gasteiger partial charge < -0.3 is 9.47 Å².